The highest BCUT2D eigenvalue weighted by Crippen LogP contribution is 2.21. The first-order valence-corrected chi connectivity index (χ1v) is 7.13. The van der Waals surface area contributed by atoms with Crippen LogP contribution in [0, 0.1) is 0 Å². The molecule has 100 valence electrons. The average molecular weight is 397 g/mol. The van der Waals surface area contributed by atoms with Gasteiger partial charge in [-0.15, -0.1) is 10.2 Å². The molecule has 0 radical (unpaired) electrons. The predicted octanol–water partition coefficient (Wildman–Crippen LogP) is 2.90. The maximum atomic E-state index is 12.2. The van der Waals surface area contributed by atoms with E-state index in [0.717, 1.165) is 8.95 Å². The number of aromatic nitrogens is 4. The molecule has 1 N–H and O–H groups in total. The van der Waals surface area contributed by atoms with Crippen molar-refractivity contribution >= 4 is 49.1 Å². The quantitative estimate of drug-likeness (QED) is 0.722. The Labute approximate surface area is 130 Å². The molecule has 1 amide bonds. The number of nitrogens with zero attached hydrogens (tertiary/aromatic N) is 4. The SMILES string of the molecule is O=C(Nc1cc(Br)cn2cnnc12)c1cncc(Br)c1. The molecule has 0 fully saturated rings. The van der Waals surface area contributed by atoms with Gasteiger partial charge >= 0.3 is 0 Å². The number of hydrogen-bond acceptors (Lipinski definition) is 4. The highest BCUT2D eigenvalue weighted by molar-refractivity contribution is 9.10. The van der Waals surface area contributed by atoms with E-state index in [9.17, 15) is 4.79 Å². The molecule has 3 heterocycles. The second-order valence-corrected chi connectivity index (χ2v) is 5.81. The van der Waals surface area contributed by atoms with Crippen LogP contribution in [0.2, 0.25) is 0 Å². The molecule has 6 nitrogen and oxygen atoms in total. The Hall–Kier alpha value is -1.80. The van der Waals surface area contributed by atoms with Gasteiger partial charge in [0, 0.05) is 27.5 Å². The summed E-state index contributed by atoms with van der Waals surface area (Å²) in [5.74, 6) is -0.262. The van der Waals surface area contributed by atoms with Gasteiger partial charge in [0.05, 0.1) is 11.3 Å². The molecular weight excluding hydrogens is 390 g/mol. The van der Waals surface area contributed by atoms with Crippen molar-refractivity contribution in [2.24, 2.45) is 0 Å². The summed E-state index contributed by atoms with van der Waals surface area (Å²) in [5.41, 5.74) is 1.60. The molecule has 0 spiro atoms. The van der Waals surface area contributed by atoms with E-state index >= 15 is 0 Å². The van der Waals surface area contributed by atoms with E-state index < -0.39 is 0 Å². The van der Waals surface area contributed by atoms with Crippen LogP contribution in [-0.2, 0) is 0 Å². The van der Waals surface area contributed by atoms with Crippen LogP contribution in [0.5, 0.6) is 0 Å². The topological polar surface area (TPSA) is 72.2 Å². The fourth-order valence-corrected chi connectivity index (χ4v) is 2.54. The zero-order chi connectivity index (χ0) is 14.1. The van der Waals surface area contributed by atoms with E-state index in [1.54, 1.807) is 29.1 Å². The van der Waals surface area contributed by atoms with Crippen molar-refractivity contribution in [3.63, 3.8) is 0 Å². The van der Waals surface area contributed by atoms with Gasteiger partial charge in [-0.2, -0.15) is 0 Å². The van der Waals surface area contributed by atoms with Crippen molar-refractivity contribution in [3.05, 3.63) is 51.6 Å². The minimum Gasteiger partial charge on any atom is -0.319 e. The summed E-state index contributed by atoms with van der Waals surface area (Å²) in [6, 6.07) is 3.47. The lowest BCUT2D eigenvalue weighted by Crippen LogP contribution is -2.13. The van der Waals surface area contributed by atoms with Crippen molar-refractivity contribution in [2.75, 3.05) is 5.32 Å². The van der Waals surface area contributed by atoms with Crippen LogP contribution in [-0.4, -0.2) is 25.5 Å². The number of carbonyl (C=O) groups excluding carboxylic acids is 1. The molecule has 0 aromatic carbocycles. The van der Waals surface area contributed by atoms with Gasteiger partial charge in [-0.05, 0) is 44.0 Å². The molecule has 20 heavy (non-hydrogen) atoms. The summed E-state index contributed by atoms with van der Waals surface area (Å²) in [6.07, 6.45) is 6.49. The molecule has 0 bridgehead atoms. The van der Waals surface area contributed by atoms with Gasteiger partial charge in [0.2, 0.25) is 0 Å². The highest BCUT2D eigenvalue weighted by atomic mass is 79.9. The Morgan fingerprint density at radius 3 is 2.85 bits per heavy atom. The molecule has 0 aliphatic rings. The molecule has 3 rings (SSSR count). The van der Waals surface area contributed by atoms with Crippen LogP contribution >= 0.6 is 31.9 Å². The monoisotopic (exact) mass is 395 g/mol. The van der Waals surface area contributed by atoms with Crippen LogP contribution in [0.1, 0.15) is 10.4 Å². The second kappa shape index (κ2) is 5.29. The Balaban J connectivity index is 1.97. The molecule has 0 aliphatic carbocycles. The second-order valence-electron chi connectivity index (χ2n) is 3.98. The Kier molecular flexibility index (Phi) is 3.49. The molecule has 8 heteroatoms. The Morgan fingerprint density at radius 1 is 1.20 bits per heavy atom. The van der Waals surface area contributed by atoms with Crippen LogP contribution < -0.4 is 5.32 Å². The number of amides is 1. The number of halogens is 2. The number of hydrogen-bond donors (Lipinski definition) is 1. The third kappa shape index (κ3) is 2.56. The Bertz CT molecular complexity index is 801. The van der Waals surface area contributed by atoms with Crippen molar-refractivity contribution in [3.8, 4) is 0 Å². The van der Waals surface area contributed by atoms with Crippen molar-refractivity contribution < 1.29 is 4.79 Å². The number of fused-ring (bicyclic) bond motifs is 1. The van der Waals surface area contributed by atoms with Gasteiger partial charge in [-0.3, -0.25) is 14.2 Å². The molecular formula is C12H7Br2N5O. The third-order valence-corrected chi connectivity index (χ3v) is 3.44. The minimum absolute atomic E-state index is 0.262. The van der Waals surface area contributed by atoms with E-state index in [0.29, 0.717) is 16.9 Å². The number of nitrogens with one attached hydrogen (secondary N) is 1. The van der Waals surface area contributed by atoms with E-state index in [1.165, 1.54) is 6.20 Å². The first-order valence-electron chi connectivity index (χ1n) is 5.54. The number of pyridine rings is 2. The molecule has 0 aliphatic heterocycles. The zero-order valence-corrected chi connectivity index (χ0v) is 13.1. The smallest absolute Gasteiger partial charge is 0.257 e. The van der Waals surface area contributed by atoms with Crippen molar-refractivity contribution in [1.82, 2.24) is 19.6 Å². The number of anilines is 1. The van der Waals surface area contributed by atoms with Gasteiger partial charge in [-0.1, -0.05) is 0 Å². The van der Waals surface area contributed by atoms with Gasteiger partial charge in [0.15, 0.2) is 5.65 Å². The van der Waals surface area contributed by atoms with E-state index in [2.05, 4.69) is 52.4 Å². The average Bonchev–Trinajstić information content (AvgIpc) is 2.86. The van der Waals surface area contributed by atoms with Crippen LogP contribution in [0.25, 0.3) is 5.65 Å². The lowest BCUT2D eigenvalue weighted by atomic mass is 10.2. The largest absolute Gasteiger partial charge is 0.319 e. The predicted molar refractivity (Wildman–Crippen MR) is 80.6 cm³/mol. The number of rotatable bonds is 2. The van der Waals surface area contributed by atoms with Gasteiger partial charge in [-0.25, -0.2) is 0 Å². The fraction of sp³-hybridized carbons (Fsp3) is 0. The summed E-state index contributed by atoms with van der Waals surface area (Å²) < 4.78 is 3.28. The highest BCUT2D eigenvalue weighted by Gasteiger charge is 2.11. The summed E-state index contributed by atoms with van der Waals surface area (Å²) in [5, 5.41) is 10.6. The van der Waals surface area contributed by atoms with E-state index in [-0.39, 0.29) is 5.91 Å². The van der Waals surface area contributed by atoms with Crippen LogP contribution in [0.15, 0.2) is 46.0 Å². The molecule has 3 aromatic rings. The summed E-state index contributed by atoms with van der Waals surface area (Å²) in [4.78, 5) is 16.2. The molecule has 0 unspecified atom stereocenters. The first-order chi connectivity index (χ1) is 9.63. The maximum Gasteiger partial charge on any atom is 0.257 e. The molecule has 0 atom stereocenters. The minimum atomic E-state index is -0.262. The van der Waals surface area contributed by atoms with Gasteiger partial charge in [0.1, 0.15) is 6.33 Å². The van der Waals surface area contributed by atoms with Gasteiger partial charge in [0.25, 0.3) is 5.91 Å². The maximum absolute atomic E-state index is 12.2. The first kappa shape index (κ1) is 13.2. The van der Waals surface area contributed by atoms with E-state index in [4.69, 9.17) is 0 Å². The number of carbonyl (C=O) groups is 1. The molecule has 0 saturated carbocycles. The third-order valence-electron chi connectivity index (χ3n) is 2.57. The van der Waals surface area contributed by atoms with Crippen LogP contribution in [0.3, 0.4) is 0 Å². The van der Waals surface area contributed by atoms with Crippen molar-refractivity contribution in [1.29, 1.82) is 0 Å². The normalized spacial score (nSPS) is 10.7. The summed E-state index contributed by atoms with van der Waals surface area (Å²) >= 11 is 6.66. The van der Waals surface area contributed by atoms with Gasteiger partial charge < -0.3 is 5.32 Å². The molecule has 3 aromatic heterocycles. The lowest BCUT2D eigenvalue weighted by molar-refractivity contribution is 0.102. The molecule has 0 saturated heterocycles. The van der Waals surface area contributed by atoms with E-state index in [1.807, 2.05) is 6.20 Å². The lowest BCUT2D eigenvalue weighted by Gasteiger charge is -2.07. The van der Waals surface area contributed by atoms with Crippen molar-refractivity contribution in [2.45, 2.75) is 0 Å². The Morgan fingerprint density at radius 2 is 2.05 bits per heavy atom. The standard InChI is InChI=1S/C12H7Br2N5O/c13-8-1-7(3-15-4-8)12(20)17-10-2-9(14)5-19-6-16-18-11(10)19/h1-6H,(H,17,20). The summed E-state index contributed by atoms with van der Waals surface area (Å²) in [6.45, 7) is 0. The van der Waals surface area contributed by atoms with Crippen LogP contribution in [0.4, 0.5) is 5.69 Å². The summed E-state index contributed by atoms with van der Waals surface area (Å²) in [7, 11) is 0. The zero-order valence-electron chi connectivity index (χ0n) is 9.92. The fourth-order valence-electron chi connectivity index (χ4n) is 1.72.